The van der Waals surface area contributed by atoms with Gasteiger partial charge in [-0.2, -0.15) is 0 Å². The predicted molar refractivity (Wildman–Crippen MR) is 74.3 cm³/mol. The molecule has 0 atom stereocenters. The minimum atomic E-state index is -0.433. The molecule has 5 heteroatoms. The number of ether oxygens (including phenoxy) is 1. The molecule has 0 bridgehead atoms. The van der Waals surface area contributed by atoms with Crippen LogP contribution in [0.15, 0.2) is 30.3 Å². The van der Waals surface area contributed by atoms with E-state index in [1.807, 2.05) is 0 Å². The molecule has 0 heterocycles. The number of amides is 1. The Balaban J connectivity index is 2.62. The number of carbonyl (C=O) groups is 2. The van der Waals surface area contributed by atoms with Crippen LogP contribution in [-0.4, -0.2) is 36.5 Å². The van der Waals surface area contributed by atoms with Crippen molar-refractivity contribution >= 4 is 18.0 Å². The predicted octanol–water partition coefficient (Wildman–Crippen LogP) is 2.25. The molecule has 4 nitrogen and oxygen atoms in total. The van der Waals surface area contributed by atoms with Crippen molar-refractivity contribution in [3.8, 4) is 0 Å². The molecular formula is C15H18FNO3. The lowest BCUT2D eigenvalue weighted by molar-refractivity contribution is -0.147. The molecule has 0 saturated carbocycles. The summed E-state index contributed by atoms with van der Waals surface area (Å²) in [7, 11) is 0. The Hall–Kier alpha value is -2.17. The van der Waals surface area contributed by atoms with Crippen LogP contribution in [0.4, 0.5) is 4.39 Å². The Labute approximate surface area is 117 Å². The molecule has 1 aromatic carbocycles. The summed E-state index contributed by atoms with van der Waals surface area (Å²) in [6, 6.07) is 5.78. The van der Waals surface area contributed by atoms with Gasteiger partial charge >= 0.3 is 5.97 Å². The standard InChI is InChI=1S/C15H18FNO3/c1-3-17(11-15(19)20-4-2)14(18)10-7-12-5-8-13(16)9-6-12/h5-10H,3-4,11H2,1-2H3/b10-7+. The zero-order valence-electron chi connectivity index (χ0n) is 11.6. The average molecular weight is 279 g/mol. The molecule has 0 radical (unpaired) electrons. The Kier molecular flexibility index (Phi) is 6.43. The van der Waals surface area contributed by atoms with Crippen LogP contribution in [0.3, 0.4) is 0 Å². The first-order valence-electron chi connectivity index (χ1n) is 6.45. The lowest BCUT2D eigenvalue weighted by Crippen LogP contribution is -2.35. The van der Waals surface area contributed by atoms with Crippen LogP contribution in [0.25, 0.3) is 6.08 Å². The second kappa shape index (κ2) is 8.09. The fourth-order valence-corrected chi connectivity index (χ4v) is 1.55. The van der Waals surface area contributed by atoms with Gasteiger partial charge in [-0.15, -0.1) is 0 Å². The van der Waals surface area contributed by atoms with Crippen LogP contribution in [0.5, 0.6) is 0 Å². The van der Waals surface area contributed by atoms with E-state index in [0.29, 0.717) is 12.1 Å². The Morgan fingerprint density at radius 1 is 1.25 bits per heavy atom. The first-order valence-corrected chi connectivity index (χ1v) is 6.45. The van der Waals surface area contributed by atoms with E-state index in [-0.39, 0.29) is 24.9 Å². The maximum atomic E-state index is 12.7. The summed E-state index contributed by atoms with van der Waals surface area (Å²) < 4.78 is 17.5. The second-order valence-corrected chi connectivity index (χ2v) is 4.04. The summed E-state index contributed by atoms with van der Waals surface area (Å²) in [4.78, 5) is 24.6. The Morgan fingerprint density at radius 3 is 2.45 bits per heavy atom. The maximum absolute atomic E-state index is 12.7. The normalized spacial score (nSPS) is 10.6. The van der Waals surface area contributed by atoms with Crippen LogP contribution in [0.2, 0.25) is 0 Å². The minimum absolute atomic E-state index is 0.0725. The fourth-order valence-electron chi connectivity index (χ4n) is 1.55. The summed E-state index contributed by atoms with van der Waals surface area (Å²) in [5.41, 5.74) is 0.715. The van der Waals surface area contributed by atoms with Crippen molar-refractivity contribution in [2.45, 2.75) is 13.8 Å². The molecule has 1 rings (SSSR count). The number of carbonyl (C=O) groups excluding carboxylic acids is 2. The van der Waals surface area contributed by atoms with Crippen molar-refractivity contribution < 1.29 is 18.7 Å². The molecule has 0 saturated heterocycles. The molecule has 0 N–H and O–H groups in total. The van der Waals surface area contributed by atoms with E-state index in [0.717, 1.165) is 0 Å². The van der Waals surface area contributed by atoms with Crippen molar-refractivity contribution in [2.24, 2.45) is 0 Å². The number of nitrogens with zero attached hydrogens (tertiary/aromatic N) is 1. The number of halogens is 1. The molecule has 0 fully saturated rings. The maximum Gasteiger partial charge on any atom is 0.325 e. The van der Waals surface area contributed by atoms with E-state index in [4.69, 9.17) is 4.74 Å². The Morgan fingerprint density at radius 2 is 1.90 bits per heavy atom. The zero-order valence-corrected chi connectivity index (χ0v) is 11.6. The van der Waals surface area contributed by atoms with Crippen LogP contribution >= 0.6 is 0 Å². The van der Waals surface area contributed by atoms with Gasteiger partial charge in [0, 0.05) is 12.6 Å². The first-order chi connectivity index (χ1) is 9.56. The summed E-state index contributed by atoms with van der Waals surface area (Å²) in [6.45, 7) is 4.12. The van der Waals surface area contributed by atoms with Gasteiger partial charge in [0.05, 0.1) is 6.61 Å². The van der Waals surface area contributed by atoms with Gasteiger partial charge in [-0.25, -0.2) is 4.39 Å². The molecule has 1 aromatic rings. The van der Waals surface area contributed by atoms with Gasteiger partial charge in [-0.3, -0.25) is 9.59 Å². The van der Waals surface area contributed by atoms with Gasteiger partial charge in [0.15, 0.2) is 0 Å². The summed E-state index contributed by atoms with van der Waals surface area (Å²) in [6.07, 6.45) is 2.94. The molecule has 0 aromatic heterocycles. The van der Waals surface area contributed by atoms with Crippen LogP contribution in [-0.2, 0) is 14.3 Å². The number of likely N-dealkylation sites (N-methyl/N-ethyl adjacent to an activating group) is 1. The van der Waals surface area contributed by atoms with Crippen molar-refractivity contribution in [3.05, 3.63) is 41.7 Å². The summed E-state index contributed by atoms with van der Waals surface area (Å²) >= 11 is 0. The largest absolute Gasteiger partial charge is 0.465 e. The molecule has 20 heavy (non-hydrogen) atoms. The van der Waals surface area contributed by atoms with E-state index >= 15 is 0 Å². The molecule has 0 spiro atoms. The second-order valence-electron chi connectivity index (χ2n) is 4.04. The first kappa shape index (κ1) is 15.9. The number of benzene rings is 1. The monoisotopic (exact) mass is 279 g/mol. The third-order valence-corrected chi connectivity index (χ3v) is 2.61. The third kappa shape index (κ3) is 5.22. The van der Waals surface area contributed by atoms with E-state index in [1.165, 1.54) is 23.1 Å². The van der Waals surface area contributed by atoms with Crippen LogP contribution < -0.4 is 0 Å². The molecule has 0 aliphatic rings. The smallest absolute Gasteiger partial charge is 0.325 e. The number of hydrogen-bond donors (Lipinski definition) is 0. The van der Waals surface area contributed by atoms with Crippen molar-refractivity contribution in [2.75, 3.05) is 19.7 Å². The highest BCUT2D eigenvalue weighted by atomic mass is 19.1. The summed E-state index contributed by atoms with van der Waals surface area (Å²) in [5, 5.41) is 0. The quantitative estimate of drug-likeness (QED) is 0.592. The van der Waals surface area contributed by atoms with Gasteiger partial charge in [0.1, 0.15) is 12.4 Å². The summed E-state index contributed by atoms with van der Waals surface area (Å²) in [5.74, 6) is -1.05. The highest BCUT2D eigenvalue weighted by Gasteiger charge is 2.13. The van der Waals surface area contributed by atoms with E-state index in [2.05, 4.69) is 0 Å². The molecule has 1 amide bonds. The highest BCUT2D eigenvalue weighted by Crippen LogP contribution is 2.05. The SMILES string of the molecule is CCOC(=O)CN(CC)C(=O)/C=C/c1ccc(F)cc1. The van der Waals surface area contributed by atoms with E-state index in [9.17, 15) is 14.0 Å². The van der Waals surface area contributed by atoms with Crippen molar-refractivity contribution in [1.82, 2.24) is 4.90 Å². The van der Waals surface area contributed by atoms with E-state index < -0.39 is 5.97 Å². The van der Waals surface area contributed by atoms with Gasteiger partial charge in [-0.1, -0.05) is 12.1 Å². The Bertz CT molecular complexity index is 482. The molecule has 108 valence electrons. The molecule has 0 aliphatic carbocycles. The van der Waals surface area contributed by atoms with Crippen LogP contribution in [0, 0.1) is 5.82 Å². The topological polar surface area (TPSA) is 46.6 Å². The highest BCUT2D eigenvalue weighted by molar-refractivity contribution is 5.93. The molecule has 0 unspecified atom stereocenters. The van der Waals surface area contributed by atoms with Gasteiger partial charge in [0.25, 0.3) is 0 Å². The van der Waals surface area contributed by atoms with E-state index in [1.54, 1.807) is 32.1 Å². The number of rotatable bonds is 6. The lowest BCUT2D eigenvalue weighted by Gasteiger charge is -2.17. The minimum Gasteiger partial charge on any atom is -0.465 e. The fraction of sp³-hybridized carbons (Fsp3) is 0.333. The third-order valence-electron chi connectivity index (χ3n) is 2.61. The van der Waals surface area contributed by atoms with Crippen molar-refractivity contribution in [1.29, 1.82) is 0 Å². The number of esters is 1. The lowest BCUT2D eigenvalue weighted by atomic mass is 10.2. The molecule has 0 aliphatic heterocycles. The van der Waals surface area contributed by atoms with Gasteiger partial charge in [-0.05, 0) is 37.6 Å². The molecular weight excluding hydrogens is 261 g/mol. The van der Waals surface area contributed by atoms with Crippen molar-refractivity contribution in [3.63, 3.8) is 0 Å². The van der Waals surface area contributed by atoms with Gasteiger partial charge in [0.2, 0.25) is 5.91 Å². The van der Waals surface area contributed by atoms with Crippen LogP contribution in [0.1, 0.15) is 19.4 Å². The average Bonchev–Trinajstić information content (AvgIpc) is 2.44. The number of hydrogen-bond acceptors (Lipinski definition) is 3. The zero-order chi connectivity index (χ0) is 15.0. The van der Waals surface area contributed by atoms with Gasteiger partial charge < -0.3 is 9.64 Å².